The molecule has 0 aliphatic rings. The molecule has 0 radical (unpaired) electrons. The largest absolute Gasteiger partial charge is 0.480 e. The van der Waals surface area contributed by atoms with Crippen molar-refractivity contribution < 1.29 is 14.6 Å². The number of ether oxygens (including phenoxy) is 1. The van der Waals surface area contributed by atoms with E-state index in [4.69, 9.17) is 9.84 Å². The number of rotatable bonds is 16. The molecule has 0 aromatic heterocycles. The molecule has 0 saturated heterocycles. The zero-order chi connectivity index (χ0) is 17.3. The Morgan fingerprint density at radius 3 is 2.25 bits per heavy atom. The summed E-state index contributed by atoms with van der Waals surface area (Å²) in [5, 5.41) is 17.9. The second-order valence-corrected chi connectivity index (χ2v) is 5.71. The number of hydrogen-bond acceptors (Lipinski definition) is 5. The lowest BCUT2D eigenvalue weighted by atomic mass is 10.2. The van der Waals surface area contributed by atoms with Crippen LogP contribution in [0.4, 0.5) is 0 Å². The minimum absolute atomic E-state index is 0.0315. The average Bonchev–Trinajstić information content (AvgIpc) is 2.59. The summed E-state index contributed by atoms with van der Waals surface area (Å²) in [7, 11) is 0. The summed E-state index contributed by atoms with van der Waals surface area (Å²) >= 11 is 0. The molecule has 24 heavy (non-hydrogen) atoms. The quantitative estimate of drug-likeness (QED) is 0.271. The smallest absolute Gasteiger partial charge is 0.317 e. The van der Waals surface area contributed by atoms with Crippen LogP contribution in [0.3, 0.4) is 0 Å². The van der Waals surface area contributed by atoms with Gasteiger partial charge in [-0.2, -0.15) is 0 Å². The number of benzene rings is 1. The van der Waals surface area contributed by atoms with Crippen LogP contribution >= 0.6 is 0 Å². The molecular formula is C18H31N3O3. The van der Waals surface area contributed by atoms with Gasteiger partial charge in [0.25, 0.3) is 0 Å². The summed E-state index contributed by atoms with van der Waals surface area (Å²) in [6.45, 7) is 4.76. The molecule has 0 unspecified atom stereocenters. The highest BCUT2D eigenvalue weighted by molar-refractivity contribution is 5.68. The van der Waals surface area contributed by atoms with Crippen LogP contribution in [-0.2, 0) is 16.1 Å². The maximum Gasteiger partial charge on any atom is 0.317 e. The zero-order valence-electron chi connectivity index (χ0n) is 14.4. The molecule has 1 aromatic carbocycles. The Bertz CT molecular complexity index is 415. The summed E-state index contributed by atoms with van der Waals surface area (Å²) < 4.78 is 5.56. The first kappa shape index (κ1) is 20.6. The van der Waals surface area contributed by atoms with Gasteiger partial charge in [-0.1, -0.05) is 43.2 Å². The molecule has 0 aliphatic carbocycles. The molecule has 0 bridgehead atoms. The van der Waals surface area contributed by atoms with E-state index in [2.05, 4.69) is 28.1 Å². The maximum atomic E-state index is 10.3. The van der Waals surface area contributed by atoms with Crippen LogP contribution in [0.1, 0.15) is 31.2 Å². The van der Waals surface area contributed by atoms with Crippen molar-refractivity contribution in [2.45, 2.75) is 32.3 Å². The van der Waals surface area contributed by atoms with E-state index in [-0.39, 0.29) is 6.54 Å². The molecule has 0 saturated carbocycles. The summed E-state index contributed by atoms with van der Waals surface area (Å²) in [5.41, 5.74) is 1.20. The van der Waals surface area contributed by atoms with Crippen LogP contribution < -0.4 is 16.0 Å². The molecule has 6 heteroatoms. The standard InChI is InChI=1S/C18H31N3O3/c22-18(23)14-20-13-12-19-10-6-1-2-7-11-21-16-24-15-17-8-4-3-5-9-17/h3-5,8-9,19-21H,1-2,6-7,10-16H2,(H,22,23). The summed E-state index contributed by atoms with van der Waals surface area (Å²) in [6, 6.07) is 10.2. The minimum Gasteiger partial charge on any atom is -0.480 e. The number of nitrogens with one attached hydrogen (secondary N) is 3. The fourth-order valence-electron chi connectivity index (χ4n) is 2.24. The molecule has 0 fully saturated rings. The van der Waals surface area contributed by atoms with Gasteiger partial charge in [-0.25, -0.2) is 0 Å². The van der Waals surface area contributed by atoms with Crippen molar-refractivity contribution in [1.29, 1.82) is 0 Å². The zero-order valence-corrected chi connectivity index (χ0v) is 14.4. The number of hydrogen-bond donors (Lipinski definition) is 4. The van der Waals surface area contributed by atoms with Gasteiger partial charge in [0, 0.05) is 13.1 Å². The minimum atomic E-state index is -0.811. The lowest BCUT2D eigenvalue weighted by Crippen LogP contribution is -2.31. The van der Waals surface area contributed by atoms with Crippen LogP contribution in [0.25, 0.3) is 0 Å². The fourth-order valence-corrected chi connectivity index (χ4v) is 2.24. The van der Waals surface area contributed by atoms with Gasteiger partial charge in [-0.15, -0.1) is 0 Å². The van der Waals surface area contributed by atoms with Crippen molar-refractivity contribution in [3.05, 3.63) is 35.9 Å². The monoisotopic (exact) mass is 337 g/mol. The van der Waals surface area contributed by atoms with Gasteiger partial charge in [0.05, 0.1) is 19.9 Å². The second kappa shape index (κ2) is 15.1. The summed E-state index contributed by atoms with van der Waals surface area (Å²) in [6.07, 6.45) is 4.74. The van der Waals surface area contributed by atoms with Crippen molar-refractivity contribution in [3.8, 4) is 0 Å². The molecular weight excluding hydrogens is 306 g/mol. The number of unbranched alkanes of at least 4 members (excludes halogenated alkanes) is 3. The van der Waals surface area contributed by atoms with E-state index in [9.17, 15) is 4.79 Å². The first-order valence-corrected chi connectivity index (χ1v) is 8.74. The SMILES string of the molecule is O=C(O)CNCCNCCCCCCNCOCc1ccccc1. The van der Waals surface area contributed by atoms with Crippen LogP contribution in [0, 0.1) is 0 Å². The van der Waals surface area contributed by atoms with Gasteiger partial charge in [-0.05, 0) is 31.5 Å². The Balaban J connectivity index is 1.72. The summed E-state index contributed by atoms with van der Waals surface area (Å²) in [4.78, 5) is 10.3. The Morgan fingerprint density at radius 2 is 1.54 bits per heavy atom. The van der Waals surface area contributed by atoms with Gasteiger partial charge in [0.15, 0.2) is 0 Å². The van der Waals surface area contributed by atoms with Crippen LogP contribution in [-0.4, -0.2) is 50.5 Å². The molecule has 0 aliphatic heterocycles. The van der Waals surface area contributed by atoms with Gasteiger partial charge in [0.1, 0.15) is 0 Å². The third kappa shape index (κ3) is 13.0. The van der Waals surface area contributed by atoms with Crippen LogP contribution in [0.2, 0.25) is 0 Å². The molecule has 0 atom stereocenters. The Hall–Kier alpha value is -1.47. The molecule has 0 spiro atoms. The van der Waals surface area contributed by atoms with E-state index in [1.54, 1.807) is 0 Å². The van der Waals surface area contributed by atoms with Crippen molar-refractivity contribution in [2.24, 2.45) is 0 Å². The number of aliphatic carboxylic acids is 1. The predicted octanol–water partition coefficient (Wildman–Crippen LogP) is 1.57. The highest BCUT2D eigenvalue weighted by atomic mass is 16.5. The van der Waals surface area contributed by atoms with E-state index in [0.29, 0.717) is 19.9 Å². The highest BCUT2D eigenvalue weighted by Gasteiger charge is 1.95. The molecule has 4 N–H and O–H groups in total. The Morgan fingerprint density at radius 1 is 0.875 bits per heavy atom. The van der Waals surface area contributed by atoms with Crippen molar-refractivity contribution in [1.82, 2.24) is 16.0 Å². The van der Waals surface area contributed by atoms with E-state index >= 15 is 0 Å². The molecule has 1 aromatic rings. The third-order valence-electron chi connectivity index (χ3n) is 3.53. The van der Waals surface area contributed by atoms with Gasteiger partial charge in [-0.3, -0.25) is 10.1 Å². The maximum absolute atomic E-state index is 10.3. The molecule has 1 rings (SSSR count). The third-order valence-corrected chi connectivity index (χ3v) is 3.53. The van der Waals surface area contributed by atoms with E-state index in [0.717, 1.165) is 32.5 Å². The second-order valence-electron chi connectivity index (χ2n) is 5.71. The van der Waals surface area contributed by atoms with Crippen molar-refractivity contribution in [3.63, 3.8) is 0 Å². The first-order valence-electron chi connectivity index (χ1n) is 8.74. The molecule has 0 amide bonds. The topological polar surface area (TPSA) is 82.6 Å². The average molecular weight is 337 g/mol. The van der Waals surface area contributed by atoms with Gasteiger partial charge < -0.3 is 20.5 Å². The Kier molecular flexibility index (Phi) is 12.9. The van der Waals surface area contributed by atoms with E-state index in [1.807, 2.05) is 18.2 Å². The lowest BCUT2D eigenvalue weighted by molar-refractivity contribution is -0.135. The molecule has 0 heterocycles. The lowest BCUT2D eigenvalue weighted by Gasteiger charge is -2.07. The summed E-state index contributed by atoms with van der Waals surface area (Å²) in [5.74, 6) is -0.811. The molecule has 6 nitrogen and oxygen atoms in total. The van der Waals surface area contributed by atoms with Crippen molar-refractivity contribution in [2.75, 3.05) is 39.5 Å². The van der Waals surface area contributed by atoms with E-state index in [1.165, 1.54) is 18.4 Å². The predicted molar refractivity (Wildman–Crippen MR) is 95.9 cm³/mol. The normalized spacial score (nSPS) is 10.8. The Labute approximate surface area is 145 Å². The van der Waals surface area contributed by atoms with Gasteiger partial charge >= 0.3 is 5.97 Å². The highest BCUT2D eigenvalue weighted by Crippen LogP contribution is 2.00. The van der Waals surface area contributed by atoms with E-state index < -0.39 is 5.97 Å². The van der Waals surface area contributed by atoms with Crippen molar-refractivity contribution >= 4 is 5.97 Å². The number of carbonyl (C=O) groups is 1. The van der Waals surface area contributed by atoms with Gasteiger partial charge in [0.2, 0.25) is 0 Å². The number of carboxylic acids is 1. The van der Waals surface area contributed by atoms with Crippen LogP contribution in [0.15, 0.2) is 30.3 Å². The fraction of sp³-hybridized carbons (Fsp3) is 0.611. The number of carboxylic acid groups (broad SMARTS) is 1. The first-order chi connectivity index (χ1) is 11.8. The molecule has 136 valence electrons. The van der Waals surface area contributed by atoms with Crippen LogP contribution in [0.5, 0.6) is 0 Å².